The van der Waals surface area contributed by atoms with E-state index in [0.29, 0.717) is 0 Å². The van der Waals surface area contributed by atoms with Gasteiger partial charge in [0.25, 0.3) is 0 Å². The number of hydrogen-bond acceptors (Lipinski definition) is 1. The van der Waals surface area contributed by atoms with E-state index < -0.39 is 0 Å². The predicted octanol–water partition coefficient (Wildman–Crippen LogP) is 2.22. The van der Waals surface area contributed by atoms with Gasteiger partial charge in [-0.2, -0.15) is 0 Å². The van der Waals surface area contributed by atoms with Crippen LogP contribution in [0.2, 0.25) is 0 Å². The molecule has 0 spiro atoms. The second-order valence-corrected chi connectivity index (χ2v) is 3.23. The van der Waals surface area contributed by atoms with Gasteiger partial charge >= 0.3 is 0 Å². The van der Waals surface area contributed by atoms with Gasteiger partial charge in [0.1, 0.15) is 0 Å². The molecule has 1 heterocycles. The molecule has 0 aliphatic rings. The third-order valence-electron chi connectivity index (χ3n) is 2.32. The van der Waals surface area contributed by atoms with Crippen LogP contribution in [0.1, 0.15) is 18.2 Å². The standard InChI is InChI=1S/C11H13NO/c1-2-8-3-4-11-9(5-8)6-10(7-13)12-11/h3-6,12-13H,2,7H2,1H3. The van der Waals surface area contributed by atoms with Crippen LogP contribution in [0.3, 0.4) is 0 Å². The Hall–Kier alpha value is -1.28. The maximum absolute atomic E-state index is 8.93. The summed E-state index contributed by atoms with van der Waals surface area (Å²) in [6.07, 6.45) is 1.05. The number of nitrogens with one attached hydrogen (secondary N) is 1. The van der Waals surface area contributed by atoms with Crippen LogP contribution in [-0.2, 0) is 13.0 Å². The molecule has 0 aliphatic heterocycles. The molecule has 0 saturated heterocycles. The van der Waals surface area contributed by atoms with Crippen molar-refractivity contribution in [3.63, 3.8) is 0 Å². The molecular formula is C11H13NO. The van der Waals surface area contributed by atoms with E-state index in [1.165, 1.54) is 10.9 Å². The van der Waals surface area contributed by atoms with Gasteiger partial charge in [0, 0.05) is 16.6 Å². The topological polar surface area (TPSA) is 36.0 Å². The molecule has 0 radical (unpaired) electrons. The number of aromatic amines is 1. The summed E-state index contributed by atoms with van der Waals surface area (Å²) in [5, 5.41) is 10.1. The lowest BCUT2D eigenvalue weighted by Crippen LogP contribution is -1.79. The second kappa shape index (κ2) is 3.23. The van der Waals surface area contributed by atoms with E-state index in [2.05, 4.69) is 30.1 Å². The summed E-state index contributed by atoms with van der Waals surface area (Å²) in [6.45, 7) is 2.22. The molecule has 0 unspecified atom stereocenters. The smallest absolute Gasteiger partial charge is 0.0831 e. The molecule has 0 amide bonds. The molecule has 0 atom stereocenters. The Labute approximate surface area is 77.2 Å². The fourth-order valence-electron chi connectivity index (χ4n) is 1.55. The van der Waals surface area contributed by atoms with Gasteiger partial charge in [0.05, 0.1) is 6.61 Å². The van der Waals surface area contributed by atoms with Crippen LogP contribution in [-0.4, -0.2) is 10.1 Å². The van der Waals surface area contributed by atoms with Crippen molar-refractivity contribution in [2.75, 3.05) is 0 Å². The van der Waals surface area contributed by atoms with Crippen molar-refractivity contribution in [2.45, 2.75) is 20.0 Å². The highest BCUT2D eigenvalue weighted by molar-refractivity contribution is 5.81. The van der Waals surface area contributed by atoms with Gasteiger partial charge in [-0.1, -0.05) is 13.0 Å². The minimum absolute atomic E-state index is 0.0795. The van der Waals surface area contributed by atoms with E-state index in [1.54, 1.807) is 0 Å². The highest BCUT2D eigenvalue weighted by Gasteiger charge is 1.99. The number of H-pyrrole nitrogens is 1. The Morgan fingerprint density at radius 1 is 1.31 bits per heavy atom. The predicted molar refractivity (Wildman–Crippen MR) is 53.6 cm³/mol. The minimum atomic E-state index is 0.0795. The molecule has 0 aliphatic carbocycles. The van der Waals surface area contributed by atoms with Gasteiger partial charge in [0.15, 0.2) is 0 Å². The minimum Gasteiger partial charge on any atom is -0.390 e. The fourth-order valence-corrected chi connectivity index (χ4v) is 1.55. The molecular weight excluding hydrogens is 162 g/mol. The van der Waals surface area contributed by atoms with Gasteiger partial charge in [-0.15, -0.1) is 0 Å². The largest absolute Gasteiger partial charge is 0.390 e. The number of rotatable bonds is 2. The van der Waals surface area contributed by atoms with E-state index in [4.69, 9.17) is 5.11 Å². The summed E-state index contributed by atoms with van der Waals surface area (Å²) < 4.78 is 0. The first-order chi connectivity index (χ1) is 6.33. The van der Waals surface area contributed by atoms with Gasteiger partial charge in [-0.3, -0.25) is 0 Å². The molecule has 2 aromatic rings. The first-order valence-corrected chi connectivity index (χ1v) is 4.55. The summed E-state index contributed by atoms with van der Waals surface area (Å²) in [4.78, 5) is 3.15. The first-order valence-electron chi connectivity index (χ1n) is 4.55. The SMILES string of the molecule is CCc1ccc2[nH]c(CO)cc2c1. The number of aromatic nitrogens is 1. The normalized spacial score (nSPS) is 10.9. The monoisotopic (exact) mass is 175 g/mol. The molecule has 0 bridgehead atoms. The fraction of sp³-hybridized carbons (Fsp3) is 0.273. The number of aryl methyl sites for hydroxylation is 1. The number of hydrogen-bond donors (Lipinski definition) is 2. The molecule has 13 heavy (non-hydrogen) atoms. The van der Waals surface area contributed by atoms with E-state index >= 15 is 0 Å². The van der Waals surface area contributed by atoms with E-state index in [-0.39, 0.29) is 6.61 Å². The van der Waals surface area contributed by atoms with Crippen LogP contribution < -0.4 is 0 Å². The molecule has 2 heteroatoms. The van der Waals surface area contributed by atoms with Crippen molar-refractivity contribution in [3.05, 3.63) is 35.5 Å². The van der Waals surface area contributed by atoms with Crippen LogP contribution in [0.25, 0.3) is 10.9 Å². The van der Waals surface area contributed by atoms with E-state index in [0.717, 1.165) is 17.6 Å². The third-order valence-corrected chi connectivity index (χ3v) is 2.32. The number of aliphatic hydroxyl groups is 1. The average Bonchev–Trinajstić information content (AvgIpc) is 2.58. The zero-order chi connectivity index (χ0) is 9.26. The van der Waals surface area contributed by atoms with Gasteiger partial charge in [0.2, 0.25) is 0 Å². The van der Waals surface area contributed by atoms with Crippen molar-refractivity contribution < 1.29 is 5.11 Å². The van der Waals surface area contributed by atoms with Crippen LogP contribution in [0.4, 0.5) is 0 Å². The van der Waals surface area contributed by atoms with Crippen molar-refractivity contribution in [1.29, 1.82) is 0 Å². The van der Waals surface area contributed by atoms with Gasteiger partial charge in [-0.25, -0.2) is 0 Å². The Bertz CT molecular complexity index is 415. The molecule has 2 nitrogen and oxygen atoms in total. The highest BCUT2D eigenvalue weighted by Crippen LogP contribution is 2.17. The summed E-state index contributed by atoms with van der Waals surface area (Å²) >= 11 is 0. The summed E-state index contributed by atoms with van der Waals surface area (Å²) in [7, 11) is 0. The van der Waals surface area contributed by atoms with Crippen LogP contribution >= 0.6 is 0 Å². The Morgan fingerprint density at radius 2 is 2.15 bits per heavy atom. The zero-order valence-corrected chi connectivity index (χ0v) is 7.67. The quantitative estimate of drug-likeness (QED) is 0.721. The average molecular weight is 175 g/mol. The number of benzene rings is 1. The molecule has 2 N–H and O–H groups in total. The van der Waals surface area contributed by atoms with Crippen LogP contribution in [0.15, 0.2) is 24.3 Å². The third kappa shape index (κ3) is 1.45. The number of fused-ring (bicyclic) bond motifs is 1. The zero-order valence-electron chi connectivity index (χ0n) is 7.67. The Balaban J connectivity index is 2.57. The Kier molecular flexibility index (Phi) is 2.07. The highest BCUT2D eigenvalue weighted by atomic mass is 16.3. The molecule has 1 aromatic carbocycles. The van der Waals surface area contributed by atoms with Crippen molar-refractivity contribution in [1.82, 2.24) is 4.98 Å². The lowest BCUT2D eigenvalue weighted by molar-refractivity contribution is 0.278. The molecule has 2 rings (SSSR count). The maximum atomic E-state index is 8.93. The van der Waals surface area contributed by atoms with Gasteiger partial charge < -0.3 is 10.1 Å². The Morgan fingerprint density at radius 3 is 2.85 bits per heavy atom. The maximum Gasteiger partial charge on any atom is 0.0831 e. The lowest BCUT2D eigenvalue weighted by atomic mass is 10.1. The van der Waals surface area contributed by atoms with Gasteiger partial charge in [-0.05, 0) is 30.2 Å². The summed E-state index contributed by atoms with van der Waals surface area (Å²) in [5.41, 5.74) is 3.31. The van der Waals surface area contributed by atoms with E-state index in [9.17, 15) is 0 Å². The summed E-state index contributed by atoms with van der Waals surface area (Å²) in [5.74, 6) is 0. The molecule has 1 aromatic heterocycles. The molecule has 0 fully saturated rings. The first kappa shape index (κ1) is 8.32. The lowest BCUT2D eigenvalue weighted by Gasteiger charge is -1.94. The molecule has 68 valence electrons. The van der Waals surface area contributed by atoms with E-state index in [1.807, 2.05) is 6.07 Å². The van der Waals surface area contributed by atoms with Crippen molar-refractivity contribution in [2.24, 2.45) is 0 Å². The van der Waals surface area contributed by atoms with Crippen molar-refractivity contribution in [3.8, 4) is 0 Å². The van der Waals surface area contributed by atoms with Crippen LogP contribution in [0.5, 0.6) is 0 Å². The summed E-state index contributed by atoms with van der Waals surface area (Å²) in [6, 6.07) is 8.33. The number of aliphatic hydroxyl groups excluding tert-OH is 1. The van der Waals surface area contributed by atoms with Crippen molar-refractivity contribution >= 4 is 10.9 Å². The second-order valence-electron chi connectivity index (χ2n) is 3.23. The van der Waals surface area contributed by atoms with Crippen LogP contribution in [0, 0.1) is 0 Å². The molecule has 0 saturated carbocycles.